The molecule has 0 amide bonds. The monoisotopic (exact) mass is 438 g/mol. The van der Waals surface area contributed by atoms with Gasteiger partial charge in [0, 0.05) is 5.56 Å². The summed E-state index contributed by atoms with van der Waals surface area (Å²) in [5.41, 5.74) is 2.40. The molecule has 4 aromatic carbocycles. The molecule has 5 nitrogen and oxygen atoms in total. The van der Waals surface area contributed by atoms with Crippen molar-refractivity contribution in [2.75, 3.05) is 0 Å². The molecule has 0 aliphatic rings. The van der Waals surface area contributed by atoms with Gasteiger partial charge in [0.05, 0.1) is 11.1 Å². The fraction of sp³-hybridized carbons (Fsp3) is 0. The summed E-state index contributed by atoms with van der Waals surface area (Å²) in [5.74, 6) is -0.690. The lowest BCUT2D eigenvalue weighted by Crippen LogP contribution is -1.97. The average molecular weight is 438 g/mol. The Morgan fingerprint density at radius 1 is 0.606 bits per heavy atom. The third-order valence-electron chi connectivity index (χ3n) is 4.51. The Balaban J connectivity index is 0.000000286. The standard InChI is InChI=1S/C21H16O3.C7H6O2/c22-21(23)18-14-13-17(12-11-16-7-3-1-4-8-16)20(15-18)24-19-9-5-2-6-10-19;8-7(9)6-4-2-1-3-5-6/h1-15H,(H,22,23);1-5H,(H,8,9)/b12-11+;. The van der Waals surface area contributed by atoms with Gasteiger partial charge < -0.3 is 14.9 Å². The minimum Gasteiger partial charge on any atom is -0.478 e. The molecule has 0 atom stereocenters. The first-order chi connectivity index (χ1) is 16.0. The molecule has 0 aliphatic carbocycles. The van der Waals surface area contributed by atoms with Crippen LogP contribution in [-0.4, -0.2) is 22.2 Å². The van der Waals surface area contributed by atoms with Crippen LogP contribution < -0.4 is 4.74 Å². The van der Waals surface area contributed by atoms with Crippen molar-refractivity contribution < 1.29 is 24.5 Å². The Bertz CT molecular complexity index is 1220. The lowest BCUT2D eigenvalue weighted by Gasteiger charge is -2.10. The summed E-state index contributed by atoms with van der Waals surface area (Å²) >= 11 is 0. The van der Waals surface area contributed by atoms with Crippen molar-refractivity contribution in [2.45, 2.75) is 0 Å². The fourth-order valence-electron chi connectivity index (χ4n) is 2.84. The van der Waals surface area contributed by atoms with E-state index in [-0.39, 0.29) is 5.56 Å². The van der Waals surface area contributed by atoms with E-state index in [1.54, 1.807) is 48.5 Å². The predicted octanol–water partition coefficient (Wildman–Crippen LogP) is 6.73. The van der Waals surface area contributed by atoms with E-state index in [9.17, 15) is 14.7 Å². The normalized spacial score (nSPS) is 10.2. The highest BCUT2D eigenvalue weighted by Crippen LogP contribution is 2.28. The molecular formula is C28H22O5. The van der Waals surface area contributed by atoms with Crippen LogP contribution in [0, 0.1) is 0 Å². The number of carboxylic acids is 2. The van der Waals surface area contributed by atoms with Gasteiger partial charge in [-0.1, -0.05) is 84.9 Å². The van der Waals surface area contributed by atoms with Gasteiger partial charge in [-0.3, -0.25) is 0 Å². The van der Waals surface area contributed by atoms with Crippen LogP contribution in [0.5, 0.6) is 11.5 Å². The Kier molecular flexibility index (Phi) is 8.15. The number of carbonyl (C=O) groups is 2. The molecule has 0 unspecified atom stereocenters. The number of hydrogen-bond acceptors (Lipinski definition) is 3. The number of carboxylic acid groups (broad SMARTS) is 2. The molecular weight excluding hydrogens is 416 g/mol. The maximum atomic E-state index is 11.2. The van der Waals surface area contributed by atoms with Gasteiger partial charge in [0.25, 0.3) is 0 Å². The van der Waals surface area contributed by atoms with Crippen LogP contribution in [0.1, 0.15) is 31.8 Å². The largest absolute Gasteiger partial charge is 0.478 e. The van der Waals surface area contributed by atoms with E-state index < -0.39 is 11.9 Å². The third kappa shape index (κ3) is 7.22. The fourth-order valence-corrected chi connectivity index (χ4v) is 2.84. The van der Waals surface area contributed by atoms with Crippen molar-refractivity contribution in [2.24, 2.45) is 0 Å². The molecule has 4 rings (SSSR count). The van der Waals surface area contributed by atoms with Gasteiger partial charge in [-0.25, -0.2) is 9.59 Å². The first-order valence-corrected chi connectivity index (χ1v) is 10.1. The minimum atomic E-state index is -0.980. The third-order valence-corrected chi connectivity index (χ3v) is 4.51. The average Bonchev–Trinajstić information content (AvgIpc) is 2.85. The van der Waals surface area contributed by atoms with E-state index in [4.69, 9.17) is 9.84 Å². The van der Waals surface area contributed by atoms with Gasteiger partial charge in [-0.15, -0.1) is 0 Å². The van der Waals surface area contributed by atoms with Crippen molar-refractivity contribution in [1.82, 2.24) is 0 Å². The summed E-state index contributed by atoms with van der Waals surface area (Å²) in [7, 11) is 0. The van der Waals surface area contributed by atoms with Crippen molar-refractivity contribution in [3.63, 3.8) is 0 Å². The van der Waals surface area contributed by atoms with Crippen molar-refractivity contribution in [3.8, 4) is 11.5 Å². The lowest BCUT2D eigenvalue weighted by atomic mass is 10.1. The van der Waals surface area contributed by atoms with Crippen molar-refractivity contribution in [1.29, 1.82) is 0 Å². The Morgan fingerprint density at radius 2 is 1.15 bits per heavy atom. The first kappa shape index (κ1) is 23.0. The highest BCUT2D eigenvalue weighted by atomic mass is 16.5. The Hall–Kier alpha value is -4.64. The molecule has 0 heterocycles. The Morgan fingerprint density at radius 3 is 1.70 bits per heavy atom. The van der Waals surface area contributed by atoms with Gasteiger partial charge >= 0.3 is 11.9 Å². The topological polar surface area (TPSA) is 83.8 Å². The summed E-state index contributed by atoms with van der Waals surface area (Å²) in [5, 5.41) is 17.6. The maximum Gasteiger partial charge on any atom is 0.335 e. The summed E-state index contributed by atoms with van der Waals surface area (Å²) in [4.78, 5) is 21.4. The quantitative estimate of drug-likeness (QED) is 0.326. The molecule has 0 bridgehead atoms. The molecule has 0 radical (unpaired) electrons. The second kappa shape index (κ2) is 11.7. The van der Waals surface area contributed by atoms with Crippen LogP contribution in [0.15, 0.2) is 109 Å². The van der Waals surface area contributed by atoms with Crippen LogP contribution >= 0.6 is 0 Å². The zero-order valence-corrected chi connectivity index (χ0v) is 17.7. The second-order valence-electron chi connectivity index (χ2n) is 6.89. The van der Waals surface area contributed by atoms with Gasteiger partial charge in [0.15, 0.2) is 0 Å². The number of para-hydroxylation sites is 1. The predicted molar refractivity (Wildman–Crippen MR) is 129 cm³/mol. The van der Waals surface area contributed by atoms with Gasteiger partial charge in [0.1, 0.15) is 11.5 Å². The molecule has 2 N–H and O–H groups in total. The highest BCUT2D eigenvalue weighted by Gasteiger charge is 2.09. The maximum absolute atomic E-state index is 11.2. The van der Waals surface area contributed by atoms with E-state index >= 15 is 0 Å². The molecule has 0 aliphatic heterocycles. The summed E-state index contributed by atoms with van der Waals surface area (Å²) < 4.78 is 5.87. The zero-order chi connectivity index (χ0) is 23.5. The molecule has 0 fully saturated rings. The highest BCUT2D eigenvalue weighted by molar-refractivity contribution is 5.89. The lowest BCUT2D eigenvalue weighted by molar-refractivity contribution is 0.0686. The summed E-state index contributed by atoms with van der Waals surface area (Å²) in [6, 6.07) is 32.4. The number of aromatic carboxylic acids is 2. The summed E-state index contributed by atoms with van der Waals surface area (Å²) in [6.45, 7) is 0. The molecule has 5 heteroatoms. The van der Waals surface area contributed by atoms with Crippen LogP contribution in [-0.2, 0) is 0 Å². The number of ether oxygens (including phenoxy) is 1. The second-order valence-corrected chi connectivity index (χ2v) is 6.89. The van der Waals surface area contributed by atoms with Crippen LogP contribution in [0.2, 0.25) is 0 Å². The number of benzene rings is 4. The molecule has 164 valence electrons. The minimum absolute atomic E-state index is 0.192. The van der Waals surface area contributed by atoms with E-state index in [0.717, 1.165) is 11.1 Å². The van der Waals surface area contributed by atoms with Crippen LogP contribution in [0.25, 0.3) is 12.2 Å². The Labute approximate surface area is 191 Å². The van der Waals surface area contributed by atoms with Crippen molar-refractivity contribution >= 4 is 24.1 Å². The molecule has 4 aromatic rings. The summed E-state index contributed by atoms with van der Waals surface area (Å²) in [6.07, 6.45) is 3.88. The molecule has 0 saturated carbocycles. The molecule has 0 spiro atoms. The SMILES string of the molecule is O=C(O)c1ccc(/C=C/c2ccccc2)c(Oc2ccccc2)c1.O=C(O)c1ccccc1. The molecule has 33 heavy (non-hydrogen) atoms. The van der Waals surface area contributed by atoms with Gasteiger partial charge in [0.2, 0.25) is 0 Å². The first-order valence-electron chi connectivity index (χ1n) is 10.1. The van der Waals surface area contributed by atoms with E-state index in [2.05, 4.69) is 0 Å². The van der Waals surface area contributed by atoms with E-state index in [1.807, 2.05) is 72.8 Å². The number of hydrogen-bond donors (Lipinski definition) is 2. The van der Waals surface area contributed by atoms with Crippen LogP contribution in [0.3, 0.4) is 0 Å². The van der Waals surface area contributed by atoms with Gasteiger partial charge in [-0.05, 0) is 42.0 Å². The van der Waals surface area contributed by atoms with E-state index in [1.165, 1.54) is 0 Å². The number of rotatable bonds is 6. The molecule has 0 saturated heterocycles. The van der Waals surface area contributed by atoms with Crippen molar-refractivity contribution in [3.05, 3.63) is 131 Å². The smallest absolute Gasteiger partial charge is 0.335 e. The van der Waals surface area contributed by atoms with Gasteiger partial charge in [-0.2, -0.15) is 0 Å². The van der Waals surface area contributed by atoms with Crippen LogP contribution in [0.4, 0.5) is 0 Å². The zero-order valence-electron chi connectivity index (χ0n) is 17.7. The molecule has 0 aromatic heterocycles. The van der Waals surface area contributed by atoms with E-state index in [0.29, 0.717) is 17.1 Å².